The molecule has 1 aliphatic rings. The van der Waals surface area contributed by atoms with Gasteiger partial charge in [-0.25, -0.2) is 14.8 Å². The zero-order valence-electron chi connectivity index (χ0n) is 15.3. The summed E-state index contributed by atoms with van der Waals surface area (Å²) in [5, 5.41) is 0. The molecule has 24 heavy (non-hydrogen) atoms. The summed E-state index contributed by atoms with van der Waals surface area (Å²) in [6, 6.07) is 0. The highest BCUT2D eigenvalue weighted by Gasteiger charge is 2.27. The highest BCUT2D eigenvalue weighted by molar-refractivity contribution is 5.68. The van der Waals surface area contributed by atoms with Crippen molar-refractivity contribution in [2.45, 2.75) is 39.2 Å². The summed E-state index contributed by atoms with van der Waals surface area (Å²) in [6.07, 6.45) is 4.86. The van der Waals surface area contributed by atoms with Gasteiger partial charge >= 0.3 is 6.09 Å². The Morgan fingerprint density at radius 2 is 1.88 bits per heavy atom. The van der Waals surface area contributed by atoms with E-state index in [0.717, 1.165) is 18.7 Å². The van der Waals surface area contributed by atoms with Crippen molar-refractivity contribution in [2.75, 3.05) is 38.7 Å². The van der Waals surface area contributed by atoms with Gasteiger partial charge < -0.3 is 19.3 Å². The van der Waals surface area contributed by atoms with Crippen LogP contribution in [0.15, 0.2) is 12.4 Å². The van der Waals surface area contributed by atoms with Gasteiger partial charge in [-0.3, -0.25) is 0 Å². The topological polar surface area (TPSA) is 67.8 Å². The molecule has 0 bridgehead atoms. The first kappa shape index (κ1) is 18.3. The number of amides is 1. The van der Waals surface area contributed by atoms with Gasteiger partial charge in [0.05, 0.1) is 6.61 Å². The van der Waals surface area contributed by atoms with Crippen molar-refractivity contribution < 1.29 is 14.3 Å². The van der Waals surface area contributed by atoms with E-state index in [-0.39, 0.29) is 6.09 Å². The SMILES string of the molecule is CN(C)c1nccnc1OCC1CCN(C(=O)OC(C)(C)C)CC1. The van der Waals surface area contributed by atoms with Crippen LogP contribution in [0.1, 0.15) is 33.6 Å². The van der Waals surface area contributed by atoms with E-state index in [0.29, 0.717) is 31.5 Å². The minimum Gasteiger partial charge on any atom is -0.475 e. The number of ether oxygens (including phenoxy) is 2. The molecular formula is C17H28N4O3. The van der Waals surface area contributed by atoms with Crippen LogP contribution in [0.3, 0.4) is 0 Å². The summed E-state index contributed by atoms with van der Waals surface area (Å²) in [4.78, 5) is 24.3. The number of hydrogen-bond acceptors (Lipinski definition) is 6. The number of aromatic nitrogens is 2. The predicted octanol–water partition coefficient (Wildman–Crippen LogP) is 2.57. The standard InChI is InChI=1S/C17H28N4O3/c1-17(2,3)24-16(22)21-10-6-13(7-11-21)12-23-15-14(20(4)5)18-8-9-19-15/h8-9,13H,6-7,10-12H2,1-5H3. The summed E-state index contributed by atoms with van der Waals surface area (Å²) in [5.74, 6) is 1.68. The van der Waals surface area contributed by atoms with Crippen LogP contribution in [0, 0.1) is 5.92 Å². The fraction of sp³-hybridized carbons (Fsp3) is 0.706. The second-order valence-electron chi connectivity index (χ2n) is 7.30. The van der Waals surface area contributed by atoms with Crippen molar-refractivity contribution in [3.63, 3.8) is 0 Å². The smallest absolute Gasteiger partial charge is 0.410 e. The Morgan fingerprint density at radius 3 is 2.46 bits per heavy atom. The Morgan fingerprint density at radius 1 is 1.25 bits per heavy atom. The second kappa shape index (κ2) is 7.68. The van der Waals surface area contributed by atoms with Crippen molar-refractivity contribution in [1.29, 1.82) is 0 Å². The predicted molar refractivity (Wildman–Crippen MR) is 92.4 cm³/mol. The summed E-state index contributed by atoms with van der Waals surface area (Å²) < 4.78 is 11.3. The lowest BCUT2D eigenvalue weighted by atomic mass is 9.98. The number of hydrogen-bond donors (Lipinski definition) is 0. The lowest BCUT2D eigenvalue weighted by Crippen LogP contribution is -2.42. The van der Waals surface area contributed by atoms with Crippen molar-refractivity contribution >= 4 is 11.9 Å². The molecular weight excluding hydrogens is 308 g/mol. The Balaban J connectivity index is 1.81. The Bertz CT molecular complexity index is 549. The number of carbonyl (C=O) groups excluding carboxylic acids is 1. The first-order valence-electron chi connectivity index (χ1n) is 8.35. The fourth-order valence-electron chi connectivity index (χ4n) is 2.53. The van der Waals surface area contributed by atoms with E-state index in [1.165, 1.54) is 0 Å². The van der Waals surface area contributed by atoms with E-state index in [1.54, 1.807) is 17.3 Å². The van der Waals surface area contributed by atoms with E-state index >= 15 is 0 Å². The van der Waals surface area contributed by atoms with Gasteiger partial charge in [-0.15, -0.1) is 0 Å². The number of likely N-dealkylation sites (tertiary alicyclic amines) is 1. The zero-order chi connectivity index (χ0) is 17.7. The van der Waals surface area contributed by atoms with Crippen LogP contribution in [0.5, 0.6) is 5.88 Å². The average Bonchev–Trinajstić information content (AvgIpc) is 2.52. The van der Waals surface area contributed by atoms with Crippen LogP contribution >= 0.6 is 0 Å². The molecule has 0 saturated carbocycles. The van der Waals surface area contributed by atoms with Crippen molar-refractivity contribution in [1.82, 2.24) is 14.9 Å². The molecule has 0 unspecified atom stereocenters. The molecule has 1 aromatic heterocycles. The summed E-state index contributed by atoms with van der Waals surface area (Å²) in [6.45, 7) is 7.63. The van der Waals surface area contributed by atoms with Gasteiger partial charge in [-0.2, -0.15) is 0 Å². The first-order valence-corrected chi connectivity index (χ1v) is 8.35. The summed E-state index contributed by atoms with van der Waals surface area (Å²) in [5.41, 5.74) is -0.453. The van der Waals surface area contributed by atoms with Crippen molar-refractivity contribution in [3.8, 4) is 5.88 Å². The molecule has 0 aliphatic carbocycles. The van der Waals surface area contributed by atoms with E-state index in [9.17, 15) is 4.79 Å². The van der Waals surface area contributed by atoms with Gasteiger partial charge in [0.25, 0.3) is 5.88 Å². The molecule has 1 amide bonds. The minimum absolute atomic E-state index is 0.231. The normalized spacial score (nSPS) is 16.0. The Labute approximate surface area is 144 Å². The average molecular weight is 336 g/mol. The molecule has 0 aromatic carbocycles. The Hall–Kier alpha value is -2.05. The second-order valence-corrected chi connectivity index (χ2v) is 7.30. The summed E-state index contributed by atoms with van der Waals surface area (Å²) >= 11 is 0. The van der Waals surface area contributed by atoms with E-state index < -0.39 is 5.60 Å². The van der Waals surface area contributed by atoms with Gasteiger partial charge in [-0.1, -0.05) is 0 Å². The molecule has 1 fully saturated rings. The largest absolute Gasteiger partial charge is 0.475 e. The maximum Gasteiger partial charge on any atom is 0.410 e. The molecule has 1 aliphatic heterocycles. The molecule has 0 spiro atoms. The fourth-order valence-corrected chi connectivity index (χ4v) is 2.53. The van der Waals surface area contributed by atoms with Gasteiger partial charge in [0.1, 0.15) is 5.60 Å². The zero-order valence-corrected chi connectivity index (χ0v) is 15.3. The van der Waals surface area contributed by atoms with Crippen LogP contribution in [-0.2, 0) is 4.74 Å². The molecule has 7 nitrogen and oxygen atoms in total. The van der Waals surface area contributed by atoms with E-state index in [1.807, 2.05) is 39.8 Å². The van der Waals surface area contributed by atoms with Crippen molar-refractivity contribution in [3.05, 3.63) is 12.4 Å². The minimum atomic E-state index is -0.453. The van der Waals surface area contributed by atoms with Gasteiger partial charge in [0.2, 0.25) is 0 Å². The number of carbonyl (C=O) groups is 1. The van der Waals surface area contributed by atoms with Gasteiger partial charge in [0, 0.05) is 39.6 Å². The molecule has 2 heterocycles. The maximum atomic E-state index is 12.1. The molecule has 7 heteroatoms. The van der Waals surface area contributed by atoms with E-state index in [2.05, 4.69) is 9.97 Å². The van der Waals surface area contributed by atoms with Gasteiger partial charge in [-0.05, 0) is 39.5 Å². The van der Waals surface area contributed by atoms with Crippen LogP contribution in [0.2, 0.25) is 0 Å². The van der Waals surface area contributed by atoms with Crippen LogP contribution < -0.4 is 9.64 Å². The third-order valence-electron chi connectivity index (χ3n) is 3.79. The van der Waals surface area contributed by atoms with Crippen LogP contribution in [0.25, 0.3) is 0 Å². The third-order valence-corrected chi connectivity index (χ3v) is 3.79. The Kier molecular flexibility index (Phi) is 5.85. The number of rotatable bonds is 4. The first-order chi connectivity index (χ1) is 11.3. The molecule has 0 atom stereocenters. The molecule has 1 aromatic rings. The van der Waals surface area contributed by atoms with Crippen LogP contribution in [0.4, 0.5) is 10.6 Å². The molecule has 0 radical (unpaired) electrons. The molecule has 0 N–H and O–H groups in total. The molecule has 134 valence electrons. The third kappa shape index (κ3) is 5.25. The monoisotopic (exact) mass is 336 g/mol. The van der Waals surface area contributed by atoms with Crippen molar-refractivity contribution in [2.24, 2.45) is 5.92 Å². The highest BCUT2D eigenvalue weighted by atomic mass is 16.6. The number of piperidine rings is 1. The van der Waals surface area contributed by atoms with Gasteiger partial charge in [0.15, 0.2) is 5.82 Å². The number of nitrogens with zero attached hydrogens (tertiary/aromatic N) is 4. The maximum absolute atomic E-state index is 12.1. The van der Waals surface area contributed by atoms with Crippen LogP contribution in [-0.4, -0.2) is 60.4 Å². The lowest BCUT2D eigenvalue weighted by Gasteiger charge is -2.33. The highest BCUT2D eigenvalue weighted by Crippen LogP contribution is 2.24. The quantitative estimate of drug-likeness (QED) is 0.842. The lowest BCUT2D eigenvalue weighted by molar-refractivity contribution is 0.0164. The molecule has 2 rings (SSSR count). The molecule has 1 saturated heterocycles. The number of anilines is 1. The van der Waals surface area contributed by atoms with E-state index in [4.69, 9.17) is 9.47 Å². The summed E-state index contributed by atoms with van der Waals surface area (Å²) in [7, 11) is 3.83.